The van der Waals surface area contributed by atoms with Gasteiger partial charge in [0.1, 0.15) is 0 Å². The number of hydrogen-bond donors (Lipinski definition) is 1. The average Bonchev–Trinajstić information content (AvgIpc) is 3.22. The van der Waals surface area contributed by atoms with E-state index in [9.17, 15) is 24.3 Å². The van der Waals surface area contributed by atoms with Crippen LogP contribution in [-0.4, -0.2) is 45.3 Å². The van der Waals surface area contributed by atoms with E-state index in [1.807, 2.05) is 30.3 Å². The summed E-state index contributed by atoms with van der Waals surface area (Å²) in [4.78, 5) is 56.0. The molecule has 1 aliphatic carbocycles. The van der Waals surface area contributed by atoms with Crippen LogP contribution in [0.4, 0.5) is 5.69 Å². The molecule has 4 unspecified atom stereocenters. The summed E-state index contributed by atoms with van der Waals surface area (Å²) in [6, 6.07) is 17.1. The number of fused-ring (bicyclic) bond motifs is 1. The fourth-order valence-electron chi connectivity index (χ4n) is 5.52. The van der Waals surface area contributed by atoms with Gasteiger partial charge < -0.3 is 10.0 Å². The summed E-state index contributed by atoms with van der Waals surface area (Å²) in [5.74, 6) is -5.04. The lowest BCUT2D eigenvalue weighted by Gasteiger charge is -2.41. The van der Waals surface area contributed by atoms with E-state index in [1.165, 1.54) is 11.8 Å². The normalized spacial score (nSPS) is 28.9. The third-order valence-electron chi connectivity index (χ3n) is 7.55. The van der Waals surface area contributed by atoms with E-state index in [0.29, 0.717) is 18.5 Å². The van der Waals surface area contributed by atoms with Crippen LogP contribution >= 0.6 is 0 Å². The molecule has 4 atom stereocenters. The van der Waals surface area contributed by atoms with Crippen molar-refractivity contribution in [3.8, 4) is 0 Å². The monoisotopic (exact) mass is 458 g/mol. The van der Waals surface area contributed by atoms with E-state index in [1.54, 1.807) is 42.5 Å². The molecular weight excluding hydrogens is 432 g/mol. The first-order valence-corrected chi connectivity index (χ1v) is 11.6. The van der Waals surface area contributed by atoms with Crippen LogP contribution in [0, 0.1) is 17.8 Å². The smallest absolute Gasteiger partial charge is 0.330 e. The molecule has 0 radical (unpaired) electrons. The van der Waals surface area contributed by atoms with E-state index in [0.717, 1.165) is 16.9 Å². The van der Waals surface area contributed by atoms with E-state index in [-0.39, 0.29) is 11.8 Å². The molecule has 5 rings (SSSR count). The number of carbonyl (C=O) groups excluding carboxylic acids is 3. The number of carbonyl (C=O) groups is 4. The molecule has 7 heteroatoms. The van der Waals surface area contributed by atoms with Gasteiger partial charge in [0.15, 0.2) is 5.54 Å². The Morgan fingerprint density at radius 2 is 1.59 bits per heavy atom. The fourth-order valence-corrected chi connectivity index (χ4v) is 5.52. The van der Waals surface area contributed by atoms with Crippen molar-refractivity contribution in [3.63, 3.8) is 0 Å². The van der Waals surface area contributed by atoms with Crippen molar-refractivity contribution in [2.75, 3.05) is 4.90 Å². The predicted molar refractivity (Wildman–Crippen MR) is 125 cm³/mol. The zero-order chi connectivity index (χ0) is 24.0. The quantitative estimate of drug-likeness (QED) is 0.694. The van der Waals surface area contributed by atoms with Crippen LogP contribution in [0.1, 0.15) is 31.7 Å². The van der Waals surface area contributed by atoms with Crippen molar-refractivity contribution in [1.82, 2.24) is 4.90 Å². The highest BCUT2D eigenvalue weighted by molar-refractivity contribution is 6.24. The summed E-state index contributed by atoms with van der Waals surface area (Å²) in [5.41, 5.74) is -0.572. The molecule has 3 aliphatic rings. The van der Waals surface area contributed by atoms with E-state index >= 15 is 0 Å². The van der Waals surface area contributed by atoms with Crippen molar-refractivity contribution in [3.05, 3.63) is 72.3 Å². The molecular formula is C27H26N2O5. The standard InChI is InChI=1S/C27H26N2O5/c1-27(26(33)34)22-21(24(31)28(25(22)32)19-13-6-3-7-14-19)20(16-15-17-9-4-2-5-10-17)29(27)23(30)18-11-8-12-18/h2-7,9-10,13-16,18,20-22H,8,11-12H2,1H3,(H,33,34). The number of benzene rings is 2. The minimum Gasteiger partial charge on any atom is -0.479 e. The minimum atomic E-state index is -1.83. The topological polar surface area (TPSA) is 95.0 Å². The number of para-hydroxylation sites is 1. The summed E-state index contributed by atoms with van der Waals surface area (Å²) in [7, 11) is 0. The molecule has 3 amide bonds. The van der Waals surface area contributed by atoms with Crippen LogP contribution in [0.15, 0.2) is 66.7 Å². The van der Waals surface area contributed by atoms with Crippen LogP contribution < -0.4 is 4.90 Å². The van der Waals surface area contributed by atoms with Crippen LogP contribution in [0.2, 0.25) is 0 Å². The number of nitrogens with zero attached hydrogens (tertiary/aromatic N) is 2. The Labute approximate surface area is 197 Å². The SMILES string of the molecule is CC1(C(=O)O)C2C(=O)N(c3ccccc3)C(=O)C2C(C=Cc2ccccc2)N1C(=O)C1CCC1. The lowest BCUT2D eigenvalue weighted by atomic mass is 9.80. The van der Waals surface area contributed by atoms with Gasteiger partial charge in [-0.25, -0.2) is 9.69 Å². The number of aliphatic carboxylic acids is 1. The summed E-state index contributed by atoms with van der Waals surface area (Å²) in [6.45, 7) is 1.42. The van der Waals surface area contributed by atoms with Crippen LogP contribution in [0.25, 0.3) is 6.08 Å². The maximum absolute atomic E-state index is 13.7. The number of carboxylic acid groups (broad SMARTS) is 1. The van der Waals surface area contributed by atoms with Gasteiger partial charge in [0.25, 0.3) is 0 Å². The third-order valence-corrected chi connectivity index (χ3v) is 7.55. The molecule has 7 nitrogen and oxygen atoms in total. The average molecular weight is 459 g/mol. The Balaban J connectivity index is 1.63. The molecule has 2 aromatic carbocycles. The van der Waals surface area contributed by atoms with Gasteiger partial charge in [0, 0.05) is 5.92 Å². The number of imide groups is 1. The fraction of sp³-hybridized carbons (Fsp3) is 0.333. The summed E-state index contributed by atoms with van der Waals surface area (Å²) < 4.78 is 0. The number of hydrogen-bond acceptors (Lipinski definition) is 4. The van der Waals surface area contributed by atoms with Crippen LogP contribution in [0.3, 0.4) is 0 Å². The molecule has 2 heterocycles. The molecule has 2 aliphatic heterocycles. The van der Waals surface area contributed by atoms with Gasteiger partial charge >= 0.3 is 5.97 Å². The Morgan fingerprint density at radius 1 is 0.971 bits per heavy atom. The maximum Gasteiger partial charge on any atom is 0.330 e. The highest BCUT2D eigenvalue weighted by Gasteiger charge is 2.71. The first-order chi connectivity index (χ1) is 16.4. The molecule has 3 fully saturated rings. The number of amides is 3. The molecule has 2 aromatic rings. The summed E-state index contributed by atoms with van der Waals surface area (Å²) in [6.07, 6.45) is 5.79. The summed E-state index contributed by atoms with van der Waals surface area (Å²) in [5, 5.41) is 10.4. The highest BCUT2D eigenvalue weighted by atomic mass is 16.4. The molecule has 1 N–H and O–H groups in total. The van der Waals surface area contributed by atoms with Gasteiger partial charge in [-0.05, 0) is 37.5 Å². The van der Waals surface area contributed by atoms with Crippen LogP contribution in [0.5, 0.6) is 0 Å². The molecule has 0 spiro atoms. The first-order valence-electron chi connectivity index (χ1n) is 11.6. The molecule has 0 bridgehead atoms. The highest BCUT2D eigenvalue weighted by Crippen LogP contribution is 2.51. The predicted octanol–water partition coefficient (Wildman–Crippen LogP) is 3.36. The lowest BCUT2D eigenvalue weighted by Crippen LogP contribution is -2.60. The van der Waals surface area contributed by atoms with Gasteiger partial charge in [-0.3, -0.25) is 14.4 Å². The van der Waals surface area contributed by atoms with Gasteiger partial charge in [-0.1, -0.05) is 67.1 Å². The number of carboxylic acids is 1. The van der Waals surface area contributed by atoms with E-state index in [2.05, 4.69) is 0 Å². The largest absolute Gasteiger partial charge is 0.479 e. The Bertz CT molecular complexity index is 1170. The van der Waals surface area contributed by atoms with Gasteiger partial charge in [-0.15, -0.1) is 0 Å². The first kappa shape index (κ1) is 22.1. The second kappa shape index (κ2) is 8.24. The van der Waals surface area contributed by atoms with Gasteiger partial charge in [0.05, 0.1) is 23.6 Å². The molecule has 174 valence electrons. The number of likely N-dealkylation sites (tertiary alicyclic amines) is 1. The zero-order valence-electron chi connectivity index (χ0n) is 18.8. The minimum absolute atomic E-state index is 0.277. The number of anilines is 1. The van der Waals surface area contributed by atoms with E-state index in [4.69, 9.17) is 0 Å². The zero-order valence-corrected chi connectivity index (χ0v) is 18.8. The lowest BCUT2D eigenvalue weighted by molar-refractivity contribution is -0.162. The Kier molecular flexibility index (Phi) is 5.35. The molecule has 1 saturated carbocycles. The second-order valence-electron chi connectivity index (χ2n) is 9.40. The van der Waals surface area contributed by atoms with Crippen molar-refractivity contribution >= 4 is 35.5 Å². The molecule has 0 aromatic heterocycles. The van der Waals surface area contributed by atoms with Gasteiger partial charge in [0.2, 0.25) is 17.7 Å². The molecule has 2 saturated heterocycles. The van der Waals surface area contributed by atoms with Gasteiger partial charge in [-0.2, -0.15) is 0 Å². The Morgan fingerprint density at radius 3 is 2.15 bits per heavy atom. The van der Waals surface area contributed by atoms with E-state index < -0.39 is 41.2 Å². The van der Waals surface area contributed by atoms with Crippen molar-refractivity contribution in [2.45, 2.75) is 37.8 Å². The van der Waals surface area contributed by atoms with Crippen molar-refractivity contribution < 1.29 is 24.3 Å². The molecule has 34 heavy (non-hydrogen) atoms. The van der Waals surface area contributed by atoms with Crippen molar-refractivity contribution in [1.29, 1.82) is 0 Å². The number of rotatable bonds is 5. The summed E-state index contributed by atoms with van der Waals surface area (Å²) >= 11 is 0. The van der Waals surface area contributed by atoms with Crippen molar-refractivity contribution in [2.24, 2.45) is 17.8 Å². The second-order valence-corrected chi connectivity index (χ2v) is 9.40. The third kappa shape index (κ3) is 3.18. The van der Waals surface area contributed by atoms with Crippen LogP contribution in [-0.2, 0) is 19.2 Å². The maximum atomic E-state index is 13.7. The Hall–Kier alpha value is -3.74.